The number of rotatable bonds is 5. The number of nitrogens with zero attached hydrogens (tertiary/aromatic N) is 3. The van der Waals surface area contributed by atoms with Crippen LogP contribution in [0.3, 0.4) is 0 Å². The van der Waals surface area contributed by atoms with E-state index < -0.39 is 5.97 Å². The van der Waals surface area contributed by atoms with Gasteiger partial charge in [0.05, 0.1) is 12.1 Å². The lowest BCUT2D eigenvalue weighted by atomic mass is 9.97. The molecule has 134 valence electrons. The minimum absolute atomic E-state index is 0.131. The highest BCUT2D eigenvalue weighted by Gasteiger charge is 2.26. The highest BCUT2D eigenvalue weighted by molar-refractivity contribution is 5.87. The summed E-state index contributed by atoms with van der Waals surface area (Å²) < 4.78 is 5.35. The van der Waals surface area contributed by atoms with E-state index in [4.69, 9.17) is 9.63 Å². The van der Waals surface area contributed by atoms with Crippen molar-refractivity contribution in [1.29, 1.82) is 0 Å². The molecule has 0 spiro atoms. The molecule has 2 aromatic rings. The lowest BCUT2D eigenvalue weighted by Gasteiger charge is -2.14. The standard InChI is InChI=1S/C19H25N3O3/c1-19(2,3)18-20-16(21-25-18)12-22-8-7-14(11-22)9-13-5-4-6-15(10-13)17(23)24/h4-6,10,14H,7-9,11-12H2,1-3H3,(H,23,24)/t14-/m1/s1. The van der Waals surface area contributed by atoms with Gasteiger partial charge in [-0.1, -0.05) is 38.1 Å². The van der Waals surface area contributed by atoms with Crippen molar-refractivity contribution in [2.75, 3.05) is 13.1 Å². The molecule has 1 fully saturated rings. The Bertz CT molecular complexity index is 748. The van der Waals surface area contributed by atoms with Crippen LogP contribution >= 0.6 is 0 Å². The number of hydrogen-bond acceptors (Lipinski definition) is 5. The maximum Gasteiger partial charge on any atom is 0.335 e. The van der Waals surface area contributed by atoms with Crippen molar-refractivity contribution < 1.29 is 14.4 Å². The predicted octanol–water partition coefficient (Wildman–Crippen LogP) is 3.13. The summed E-state index contributed by atoms with van der Waals surface area (Å²) >= 11 is 0. The molecule has 0 unspecified atom stereocenters. The molecule has 0 bridgehead atoms. The highest BCUT2D eigenvalue weighted by Crippen LogP contribution is 2.24. The first-order valence-corrected chi connectivity index (χ1v) is 8.69. The molecule has 1 aromatic carbocycles. The van der Waals surface area contributed by atoms with Crippen LogP contribution in [-0.4, -0.2) is 39.2 Å². The van der Waals surface area contributed by atoms with Crippen molar-refractivity contribution in [1.82, 2.24) is 15.0 Å². The fourth-order valence-corrected chi connectivity index (χ4v) is 3.21. The molecule has 1 saturated heterocycles. The van der Waals surface area contributed by atoms with E-state index in [1.54, 1.807) is 12.1 Å². The maximum absolute atomic E-state index is 11.1. The largest absolute Gasteiger partial charge is 0.478 e. The Hall–Kier alpha value is -2.21. The molecular formula is C19H25N3O3. The number of carboxylic acid groups (broad SMARTS) is 1. The van der Waals surface area contributed by atoms with Crippen LogP contribution < -0.4 is 0 Å². The molecule has 2 heterocycles. The van der Waals surface area contributed by atoms with Crippen LogP contribution in [0.25, 0.3) is 0 Å². The molecule has 6 heteroatoms. The van der Waals surface area contributed by atoms with Crippen LogP contribution in [0, 0.1) is 5.92 Å². The molecule has 1 aromatic heterocycles. The molecular weight excluding hydrogens is 318 g/mol. The molecule has 1 aliphatic rings. The SMILES string of the molecule is CC(C)(C)c1nc(CN2CC[C@H](Cc3cccc(C(=O)O)c3)C2)no1. The van der Waals surface area contributed by atoms with Crippen molar-refractivity contribution in [3.05, 3.63) is 47.1 Å². The zero-order valence-electron chi connectivity index (χ0n) is 15.0. The fraction of sp³-hybridized carbons (Fsp3) is 0.526. The lowest BCUT2D eigenvalue weighted by Crippen LogP contribution is -2.21. The van der Waals surface area contributed by atoms with Crippen molar-refractivity contribution in [3.63, 3.8) is 0 Å². The third-order valence-corrected chi connectivity index (χ3v) is 4.54. The predicted molar refractivity (Wildman–Crippen MR) is 93.5 cm³/mol. The summed E-state index contributed by atoms with van der Waals surface area (Å²) in [6, 6.07) is 7.23. The summed E-state index contributed by atoms with van der Waals surface area (Å²) in [5, 5.41) is 13.2. The second-order valence-corrected chi connectivity index (χ2v) is 7.87. The smallest absolute Gasteiger partial charge is 0.335 e. The van der Waals surface area contributed by atoms with E-state index in [1.807, 2.05) is 12.1 Å². The lowest BCUT2D eigenvalue weighted by molar-refractivity contribution is 0.0696. The van der Waals surface area contributed by atoms with E-state index in [9.17, 15) is 4.79 Å². The van der Waals surface area contributed by atoms with E-state index in [2.05, 4.69) is 35.8 Å². The normalized spacial score (nSPS) is 18.6. The first kappa shape index (κ1) is 17.6. The zero-order chi connectivity index (χ0) is 18.0. The first-order chi connectivity index (χ1) is 11.8. The Morgan fingerprint density at radius 1 is 1.40 bits per heavy atom. The summed E-state index contributed by atoms with van der Waals surface area (Å²) in [5.74, 6) is 1.06. The summed E-state index contributed by atoms with van der Waals surface area (Å²) in [6.07, 6.45) is 2.00. The van der Waals surface area contributed by atoms with Gasteiger partial charge in [0, 0.05) is 12.0 Å². The van der Waals surface area contributed by atoms with Crippen LogP contribution in [0.4, 0.5) is 0 Å². The van der Waals surface area contributed by atoms with Gasteiger partial charge in [-0.2, -0.15) is 4.98 Å². The molecule has 0 radical (unpaired) electrons. The Morgan fingerprint density at radius 2 is 2.20 bits per heavy atom. The number of likely N-dealkylation sites (tertiary alicyclic amines) is 1. The van der Waals surface area contributed by atoms with E-state index >= 15 is 0 Å². The minimum Gasteiger partial charge on any atom is -0.478 e. The van der Waals surface area contributed by atoms with Gasteiger partial charge in [-0.25, -0.2) is 4.79 Å². The number of carboxylic acids is 1. The van der Waals surface area contributed by atoms with Gasteiger partial charge in [0.25, 0.3) is 0 Å². The second-order valence-electron chi connectivity index (χ2n) is 7.87. The molecule has 0 saturated carbocycles. The minimum atomic E-state index is -0.873. The average molecular weight is 343 g/mol. The Morgan fingerprint density at radius 3 is 2.88 bits per heavy atom. The highest BCUT2D eigenvalue weighted by atomic mass is 16.5. The number of aromatic nitrogens is 2. The summed E-state index contributed by atoms with van der Waals surface area (Å²) in [5.41, 5.74) is 1.31. The number of aromatic carboxylic acids is 1. The van der Waals surface area contributed by atoms with Crippen molar-refractivity contribution in [3.8, 4) is 0 Å². The van der Waals surface area contributed by atoms with Crippen LogP contribution in [0.15, 0.2) is 28.8 Å². The van der Waals surface area contributed by atoms with Crippen molar-refractivity contribution in [2.24, 2.45) is 5.92 Å². The van der Waals surface area contributed by atoms with E-state index in [-0.39, 0.29) is 5.41 Å². The Labute approximate surface area is 147 Å². The van der Waals surface area contributed by atoms with Crippen molar-refractivity contribution in [2.45, 2.75) is 45.6 Å². The van der Waals surface area contributed by atoms with Crippen molar-refractivity contribution >= 4 is 5.97 Å². The summed E-state index contributed by atoms with van der Waals surface area (Å²) in [6.45, 7) is 8.84. The third-order valence-electron chi connectivity index (χ3n) is 4.54. The number of hydrogen-bond donors (Lipinski definition) is 1. The molecule has 0 aliphatic carbocycles. The van der Waals surface area contributed by atoms with Gasteiger partial charge >= 0.3 is 5.97 Å². The van der Waals surface area contributed by atoms with Crippen LogP contribution in [0.5, 0.6) is 0 Å². The van der Waals surface area contributed by atoms with E-state index in [0.29, 0.717) is 23.9 Å². The fourth-order valence-electron chi connectivity index (χ4n) is 3.21. The first-order valence-electron chi connectivity index (χ1n) is 8.69. The number of benzene rings is 1. The monoisotopic (exact) mass is 343 g/mol. The van der Waals surface area contributed by atoms with Crippen LogP contribution in [-0.2, 0) is 18.4 Å². The molecule has 1 N–H and O–H groups in total. The van der Waals surface area contributed by atoms with Gasteiger partial charge in [0.1, 0.15) is 0 Å². The molecule has 0 amide bonds. The average Bonchev–Trinajstić information content (AvgIpc) is 3.17. The van der Waals surface area contributed by atoms with Gasteiger partial charge < -0.3 is 9.63 Å². The van der Waals surface area contributed by atoms with E-state index in [0.717, 1.165) is 37.3 Å². The van der Waals surface area contributed by atoms with Crippen LogP contribution in [0.1, 0.15) is 54.8 Å². The summed E-state index contributed by atoms with van der Waals surface area (Å²) in [4.78, 5) is 17.9. The molecule has 3 rings (SSSR count). The van der Waals surface area contributed by atoms with E-state index in [1.165, 1.54) is 0 Å². The zero-order valence-corrected chi connectivity index (χ0v) is 15.0. The number of carbonyl (C=O) groups is 1. The molecule has 1 atom stereocenters. The molecule has 6 nitrogen and oxygen atoms in total. The van der Waals surface area contributed by atoms with Gasteiger partial charge in [-0.05, 0) is 43.0 Å². The third kappa shape index (κ3) is 4.45. The molecule has 25 heavy (non-hydrogen) atoms. The summed E-state index contributed by atoms with van der Waals surface area (Å²) in [7, 11) is 0. The molecule has 1 aliphatic heterocycles. The Balaban J connectivity index is 1.56. The van der Waals surface area contributed by atoms with Gasteiger partial charge in [-0.15, -0.1) is 0 Å². The van der Waals surface area contributed by atoms with Crippen LogP contribution in [0.2, 0.25) is 0 Å². The van der Waals surface area contributed by atoms with Gasteiger partial charge in [-0.3, -0.25) is 4.90 Å². The second kappa shape index (κ2) is 6.96. The topological polar surface area (TPSA) is 79.5 Å². The van der Waals surface area contributed by atoms with Gasteiger partial charge in [0.2, 0.25) is 5.89 Å². The quantitative estimate of drug-likeness (QED) is 0.898. The van der Waals surface area contributed by atoms with Gasteiger partial charge in [0.15, 0.2) is 5.82 Å². The Kier molecular flexibility index (Phi) is 4.90. The maximum atomic E-state index is 11.1.